The molecule has 0 aromatic heterocycles. The molecule has 2 aromatic carbocycles. The van der Waals surface area contributed by atoms with Crippen molar-refractivity contribution in [1.82, 2.24) is 9.80 Å². The summed E-state index contributed by atoms with van der Waals surface area (Å²) in [6.45, 7) is 3.19. The van der Waals surface area contributed by atoms with Crippen molar-refractivity contribution < 1.29 is 14.3 Å². The van der Waals surface area contributed by atoms with Crippen LogP contribution in [0.3, 0.4) is 0 Å². The zero-order chi connectivity index (χ0) is 17.6. The molecule has 3 rings (SSSR count). The maximum atomic E-state index is 13.3. The lowest BCUT2D eigenvalue weighted by Gasteiger charge is -2.35. The maximum absolute atomic E-state index is 13.3. The predicted octanol–water partition coefficient (Wildman–Crippen LogP) is 2.25. The van der Waals surface area contributed by atoms with Crippen LogP contribution in [0.25, 0.3) is 0 Å². The summed E-state index contributed by atoms with van der Waals surface area (Å²) in [5.74, 6) is -0.204. The molecule has 2 aromatic rings. The minimum atomic E-state index is -0.720. The van der Waals surface area contributed by atoms with Crippen molar-refractivity contribution in [3.05, 3.63) is 71.5 Å². The molecule has 0 spiro atoms. The van der Waals surface area contributed by atoms with E-state index in [1.54, 1.807) is 12.1 Å². The average Bonchev–Trinajstić information content (AvgIpc) is 2.63. The standard InChI is InChI=1S/C20H23FN2O2/c21-18-8-4-7-17(14-18)19(24)15-22-9-11-23(12-10-22)20(25)13-16-5-2-1-3-6-16/h1-8,14,19,24H,9-13,15H2/t19-/m1/s1. The predicted molar refractivity (Wildman–Crippen MR) is 94.5 cm³/mol. The first-order chi connectivity index (χ1) is 12.1. The second kappa shape index (κ2) is 8.23. The number of amides is 1. The van der Waals surface area contributed by atoms with Gasteiger partial charge in [-0.1, -0.05) is 42.5 Å². The zero-order valence-corrected chi connectivity index (χ0v) is 14.1. The molecule has 0 radical (unpaired) electrons. The fourth-order valence-corrected chi connectivity index (χ4v) is 3.13. The molecule has 1 heterocycles. The van der Waals surface area contributed by atoms with E-state index in [0.717, 1.165) is 5.56 Å². The number of piperazine rings is 1. The summed E-state index contributed by atoms with van der Waals surface area (Å²) < 4.78 is 13.3. The topological polar surface area (TPSA) is 43.8 Å². The van der Waals surface area contributed by atoms with E-state index >= 15 is 0 Å². The Bertz CT molecular complexity index is 700. The zero-order valence-electron chi connectivity index (χ0n) is 14.1. The van der Waals surface area contributed by atoms with Gasteiger partial charge in [0.2, 0.25) is 5.91 Å². The van der Waals surface area contributed by atoms with Crippen LogP contribution in [-0.4, -0.2) is 53.5 Å². The lowest BCUT2D eigenvalue weighted by molar-refractivity contribution is -0.132. The van der Waals surface area contributed by atoms with Crippen LogP contribution in [0.2, 0.25) is 0 Å². The number of aliphatic hydroxyl groups is 1. The monoisotopic (exact) mass is 342 g/mol. The number of halogens is 1. The molecule has 1 atom stereocenters. The Morgan fingerprint density at radius 1 is 1.04 bits per heavy atom. The van der Waals surface area contributed by atoms with Crippen molar-refractivity contribution in [2.24, 2.45) is 0 Å². The number of hydrogen-bond acceptors (Lipinski definition) is 3. The minimum absolute atomic E-state index is 0.136. The van der Waals surface area contributed by atoms with Gasteiger partial charge in [0.05, 0.1) is 12.5 Å². The quantitative estimate of drug-likeness (QED) is 0.906. The van der Waals surface area contributed by atoms with E-state index in [1.807, 2.05) is 35.2 Å². The molecule has 132 valence electrons. The fraction of sp³-hybridized carbons (Fsp3) is 0.350. The molecular weight excluding hydrogens is 319 g/mol. The summed E-state index contributed by atoms with van der Waals surface area (Å²) in [5.41, 5.74) is 1.61. The van der Waals surface area contributed by atoms with Gasteiger partial charge in [0, 0.05) is 32.7 Å². The van der Waals surface area contributed by atoms with Gasteiger partial charge in [-0.05, 0) is 23.3 Å². The summed E-state index contributed by atoms with van der Waals surface area (Å²) in [7, 11) is 0. The molecule has 1 N–H and O–H groups in total. The number of carbonyl (C=O) groups is 1. The molecule has 5 heteroatoms. The summed E-state index contributed by atoms with van der Waals surface area (Å²) in [6, 6.07) is 15.8. The smallest absolute Gasteiger partial charge is 0.227 e. The summed E-state index contributed by atoms with van der Waals surface area (Å²) in [4.78, 5) is 16.4. The highest BCUT2D eigenvalue weighted by Gasteiger charge is 2.23. The van der Waals surface area contributed by atoms with Crippen LogP contribution in [0.4, 0.5) is 4.39 Å². The van der Waals surface area contributed by atoms with Gasteiger partial charge >= 0.3 is 0 Å². The van der Waals surface area contributed by atoms with Crippen LogP contribution in [0, 0.1) is 5.82 Å². The van der Waals surface area contributed by atoms with Gasteiger partial charge in [-0.15, -0.1) is 0 Å². The largest absolute Gasteiger partial charge is 0.387 e. The van der Waals surface area contributed by atoms with E-state index in [1.165, 1.54) is 12.1 Å². The molecule has 1 amide bonds. The highest BCUT2D eigenvalue weighted by Crippen LogP contribution is 2.16. The van der Waals surface area contributed by atoms with Gasteiger partial charge in [0.25, 0.3) is 0 Å². The first-order valence-corrected chi connectivity index (χ1v) is 8.59. The molecule has 0 bridgehead atoms. The van der Waals surface area contributed by atoms with Crippen molar-refractivity contribution in [3.63, 3.8) is 0 Å². The Morgan fingerprint density at radius 2 is 1.76 bits per heavy atom. The average molecular weight is 342 g/mol. The lowest BCUT2D eigenvalue weighted by atomic mass is 10.1. The molecule has 4 nitrogen and oxygen atoms in total. The Kier molecular flexibility index (Phi) is 5.79. The van der Waals surface area contributed by atoms with E-state index in [9.17, 15) is 14.3 Å². The molecule has 1 aliphatic heterocycles. The molecule has 1 saturated heterocycles. The molecule has 0 saturated carbocycles. The fourth-order valence-electron chi connectivity index (χ4n) is 3.13. The Labute approximate surface area is 147 Å². The number of β-amino-alcohol motifs (C(OH)–C–C–N with tert-alkyl or cyclic N) is 1. The van der Waals surface area contributed by atoms with Crippen LogP contribution in [0.5, 0.6) is 0 Å². The molecule has 0 aliphatic carbocycles. The van der Waals surface area contributed by atoms with E-state index in [4.69, 9.17) is 0 Å². The molecule has 1 aliphatic rings. The second-order valence-electron chi connectivity index (χ2n) is 6.41. The Balaban J connectivity index is 1.47. The first-order valence-electron chi connectivity index (χ1n) is 8.59. The van der Waals surface area contributed by atoms with Gasteiger partial charge in [-0.3, -0.25) is 9.69 Å². The third-order valence-electron chi connectivity index (χ3n) is 4.59. The number of carbonyl (C=O) groups excluding carboxylic acids is 1. The van der Waals surface area contributed by atoms with Gasteiger partial charge in [-0.25, -0.2) is 4.39 Å². The van der Waals surface area contributed by atoms with Gasteiger partial charge in [0.15, 0.2) is 0 Å². The summed E-state index contributed by atoms with van der Waals surface area (Å²) >= 11 is 0. The molecular formula is C20H23FN2O2. The minimum Gasteiger partial charge on any atom is -0.387 e. The van der Waals surface area contributed by atoms with Crippen molar-refractivity contribution in [2.45, 2.75) is 12.5 Å². The van der Waals surface area contributed by atoms with Crippen molar-refractivity contribution in [1.29, 1.82) is 0 Å². The SMILES string of the molecule is O=C(Cc1ccccc1)N1CCN(C[C@@H](O)c2cccc(F)c2)CC1. The first kappa shape index (κ1) is 17.6. The normalized spacial score (nSPS) is 16.6. The van der Waals surface area contributed by atoms with Crippen molar-refractivity contribution >= 4 is 5.91 Å². The Morgan fingerprint density at radius 3 is 2.44 bits per heavy atom. The number of aliphatic hydroxyl groups excluding tert-OH is 1. The Hall–Kier alpha value is -2.24. The third kappa shape index (κ3) is 4.87. The van der Waals surface area contributed by atoms with Crippen LogP contribution in [-0.2, 0) is 11.2 Å². The van der Waals surface area contributed by atoms with E-state index in [-0.39, 0.29) is 11.7 Å². The maximum Gasteiger partial charge on any atom is 0.227 e. The van der Waals surface area contributed by atoms with Crippen LogP contribution >= 0.6 is 0 Å². The van der Waals surface area contributed by atoms with Crippen molar-refractivity contribution in [3.8, 4) is 0 Å². The number of rotatable bonds is 5. The lowest BCUT2D eigenvalue weighted by Crippen LogP contribution is -2.50. The van der Waals surface area contributed by atoms with E-state index in [2.05, 4.69) is 4.90 Å². The van der Waals surface area contributed by atoms with Crippen LogP contribution in [0.15, 0.2) is 54.6 Å². The highest BCUT2D eigenvalue weighted by atomic mass is 19.1. The highest BCUT2D eigenvalue weighted by molar-refractivity contribution is 5.78. The third-order valence-corrected chi connectivity index (χ3v) is 4.59. The van der Waals surface area contributed by atoms with Crippen molar-refractivity contribution in [2.75, 3.05) is 32.7 Å². The second-order valence-corrected chi connectivity index (χ2v) is 6.41. The van der Waals surface area contributed by atoms with Crippen LogP contribution < -0.4 is 0 Å². The summed E-state index contributed by atoms with van der Waals surface area (Å²) in [6.07, 6.45) is -0.297. The van der Waals surface area contributed by atoms with Gasteiger partial charge in [-0.2, -0.15) is 0 Å². The van der Waals surface area contributed by atoms with E-state index in [0.29, 0.717) is 44.7 Å². The van der Waals surface area contributed by atoms with Crippen LogP contribution in [0.1, 0.15) is 17.2 Å². The number of benzene rings is 2. The number of hydrogen-bond donors (Lipinski definition) is 1. The van der Waals surface area contributed by atoms with Gasteiger partial charge < -0.3 is 10.0 Å². The van der Waals surface area contributed by atoms with Gasteiger partial charge in [0.1, 0.15) is 5.82 Å². The number of nitrogens with zero attached hydrogens (tertiary/aromatic N) is 2. The molecule has 25 heavy (non-hydrogen) atoms. The summed E-state index contributed by atoms with van der Waals surface area (Å²) in [5, 5.41) is 10.3. The molecule has 0 unspecified atom stereocenters. The molecule has 1 fully saturated rings. The van der Waals surface area contributed by atoms with E-state index < -0.39 is 6.10 Å².